The van der Waals surface area contributed by atoms with Gasteiger partial charge in [-0.05, 0) is 32.4 Å². The molecule has 98 valence electrons. The monoisotopic (exact) mass is 252 g/mol. The van der Waals surface area contributed by atoms with Gasteiger partial charge in [-0.15, -0.1) is 0 Å². The zero-order chi connectivity index (χ0) is 13.9. The number of nitro groups is 1. The van der Waals surface area contributed by atoms with Crippen molar-refractivity contribution in [3.63, 3.8) is 0 Å². The quantitative estimate of drug-likeness (QED) is 0.625. The van der Waals surface area contributed by atoms with Crippen LogP contribution >= 0.6 is 0 Å². The predicted octanol–water partition coefficient (Wildman–Crippen LogP) is 1.40. The molecule has 0 radical (unpaired) electrons. The van der Waals surface area contributed by atoms with Gasteiger partial charge in [0.05, 0.1) is 10.5 Å². The highest BCUT2D eigenvalue weighted by Gasteiger charge is 2.17. The van der Waals surface area contributed by atoms with Crippen molar-refractivity contribution in [2.24, 2.45) is 0 Å². The van der Waals surface area contributed by atoms with E-state index in [1.54, 1.807) is 26.8 Å². The molecule has 1 amide bonds. The van der Waals surface area contributed by atoms with Crippen LogP contribution in [0.15, 0.2) is 18.2 Å². The number of rotatable bonds is 4. The highest BCUT2D eigenvalue weighted by Crippen LogP contribution is 2.16. The van der Waals surface area contributed by atoms with E-state index in [-0.39, 0.29) is 17.8 Å². The third kappa shape index (κ3) is 4.14. The Kier molecular flexibility index (Phi) is 4.03. The molecule has 0 aliphatic heterocycles. The summed E-state index contributed by atoms with van der Waals surface area (Å²) in [6.45, 7) is 4.88. The normalized spacial score (nSPS) is 11.1. The lowest BCUT2D eigenvalue weighted by Gasteiger charge is -2.17. The highest BCUT2D eigenvalue weighted by molar-refractivity contribution is 5.95. The van der Waals surface area contributed by atoms with Crippen LogP contribution < -0.4 is 5.32 Å². The van der Waals surface area contributed by atoms with Crippen molar-refractivity contribution in [2.45, 2.75) is 26.4 Å². The Morgan fingerprint density at radius 3 is 2.56 bits per heavy atom. The number of benzene rings is 1. The van der Waals surface area contributed by atoms with Crippen LogP contribution in [0.5, 0.6) is 0 Å². The molecule has 0 saturated carbocycles. The Labute approximate surface area is 105 Å². The fourth-order valence-corrected chi connectivity index (χ4v) is 1.40. The standard InChI is InChI=1S/C12H16N2O4/c1-8-4-9(6-10(5-8)14(17)18)11(15)13-7-12(2,3)16/h4-6,16H,7H2,1-3H3,(H,13,15). The lowest BCUT2D eigenvalue weighted by Crippen LogP contribution is -2.38. The molecule has 0 aliphatic rings. The van der Waals surface area contributed by atoms with Crippen molar-refractivity contribution in [1.82, 2.24) is 5.32 Å². The molecule has 0 unspecified atom stereocenters. The molecule has 0 fully saturated rings. The Bertz CT molecular complexity index is 477. The Morgan fingerprint density at radius 1 is 1.44 bits per heavy atom. The van der Waals surface area contributed by atoms with E-state index in [4.69, 9.17) is 0 Å². The number of hydrogen-bond donors (Lipinski definition) is 2. The van der Waals surface area contributed by atoms with Crippen molar-refractivity contribution < 1.29 is 14.8 Å². The molecule has 1 aromatic rings. The van der Waals surface area contributed by atoms with Gasteiger partial charge in [0.1, 0.15) is 0 Å². The fraction of sp³-hybridized carbons (Fsp3) is 0.417. The first kappa shape index (κ1) is 14.1. The minimum atomic E-state index is -1.02. The molecule has 1 aromatic carbocycles. The van der Waals surface area contributed by atoms with Gasteiger partial charge >= 0.3 is 0 Å². The van der Waals surface area contributed by atoms with Crippen LogP contribution in [0.4, 0.5) is 5.69 Å². The first-order valence-corrected chi connectivity index (χ1v) is 5.46. The summed E-state index contributed by atoms with van der Waals surface area (Å²) in [6, 6.07) is 4.17. The van der Waals surface area contributed by atoms with E-state index in [9.17, 15) is 20.0 Å². The number of carbonyl (C=O) groups excluding carboxylic acids is 1. The maximum absolute atomic E-state index is 11.8. The fourth-order valence-electron chi connectivity index (χ4n) is 1.40. The molecule has 0 saturated heterocycles. The molecule has 0 heterocycles. The molecule has 6 nitrogen and oxygen atoms in total. The van der Waals surface area contributed by atoms with Gasteiger partial charge in [-0.25, -0.2) is 0 Å². The third-order valence-electron chi connectivity index (χ3n) is 2.22. The number of nitrogens with zero attached hydrogens (tertiary/aromatic N) is 1. The molecule has 2 N–H and O–H groups in total. The average Bonchev–Trinajstić information content (AvgIpc) is 2.23. The van der Waals surface area contributed by atoms with Crippen LogP contribution in [0.2, 0.25) is 0 Å². The second-order valence-electron chi connectivity index (χ2n) is 4.81. The van der Waals surface area contributed by atoms with Crippen LogP contribution in [0, 0.1) is 17.0 Å². The van der Waals surface area contributed by atoms with Crippen molar-refractivity contribution in [3.05, 3.63) is 39.4 Å². The molecular weight excluding hydrogens is 236 g/mol. The van der Waals surface area contributed by atoms with Gasteiger partial charge in [-0.3, -0.25) is 14.9 Å². The zero-order valence-corrected chi connectivity index (χ0v) is 10.6. The molecule has 6 heteroatoms. The Morgan fingerprint density at radius 2 is 2.06 bits per heavy atom. The molecule has 0 atom stereocenters. The molecule has 0 spiro atoms. The summed E-state index contributed by atoms with van der Waals surface area (Å²) in [7, 11) is 0. The van der Waals surface area contributed by atoms with Crippen LogP contribution in [-0.2, 0) is 0 Å². The van der Waals surface area contributed by atoms with Crippen molar-refractivity contribution in [3.8, 4) is 0 Å². The molecule has 0 aliphatic carbocycles. The second-order valence-corrected chi connectivity index (χ2v) is 4.81. The van der Waals surface area contributed by atoms with E-state index < -0.39 is 16.4 Å². The number of amides is 1. The highest BCUT2D eigenvalue weighted by atomic mass is 16.6. The van der Waals surface area contributed by atoms with E-state index in [0.717, 1.165) is 0 Å². The van der Waals surface area contributed by atoms with Gasteiger partial charge in [0.2, 0.25) is 0 Å². The van der Waals surface area contributed by atoms with E-state index in [1.165, 1.54) is 12.1 Å². The summed E-state index contributed by atoms with van der Waals surface area (Å²) in [4.78, 5) is 21.9. The largest absolute Gasteiger partial charge is 0.389 e. The Balaban J connectivity index is 2.89. The first-order valence-electron chi connectivity index (χ1n) is 5.46. The summed E-state index contributed by atoms with van der Waals surface area (Å²) in [5.74, 6) is -0.441. The summed E-state index contributed by atoms with van der Waals surface area (Å²) in [5.41, 5.74) is -0.294. The van der Waals surface area contributed by atoms with E-state index in [2.05, 4.69) is 5.32 Å². The van der Waals surface area contributed by atoms with Crippen molar-refractivity contribution >= 4 is 11.6 Å². The minimum Gasteiger partial charge on any atom is -0.389 e. The third-order valence-corrected chi connectivity index (χ3v) is 2.22. The zero-order valence-electron chi connectivity index (χ0n) is 10.6. The van der Waals surface area contributed by atoms with Gasteiger partial charge in [-0.1, -0.05) is 0 Å². The number of hydrogen-bond acceptors (Lipinski definition) is 4. The van der Waals surface area contributed by atoms with Gasteiger partial charge in [0.25, 0.3) is 11.6 Å². The lowest BCUT2D eigenvalue weighted by molar-refractivity contribution is -0.384. The van der Waals surface area contributed by atoms with Crippen LogP contribution in [0.3, 0.4) is 0 Å². The van der Waals surface area contributed by atoms with Crippen LogP contribution in [0.25, 0.3) is 0 Å². The SMILES string of the molecule is Cc1cc(C(=O)NCC(C)(C)O)cc([N+](=O)[O-])c1. The van der Waals surface area contributed by atoms with Gasteiger partial charge in [0, 0.05) is 24.2 Å². The molecule has 0 bridgehead atoms. The predicted molar refractivity (Wildman–Crippen MR) is 66.5 cm³/mol. The molecular formula is C12H16N2O4. The summed E-state index contributed by atoms with van der Waals surface area (Å²) < 4.78 is 0. The summed E-state index contributed by atoms with van der Waals surface area (Å²) in [5, 5.41) is 22.7. The second kappa shape index (κ2) is 5.14. The number of aryl methyl sites for hydroxylation is 1. The topological polar surface area (TPSA) is 92.5 Å². The van der Waals surface area contributed by atoms with E-state index in [1.807, 2.05) is 0 Å². The van der Waals surface area contributed by atoms with Crippen molar-refractivity contribution in [1.29, 1.82) is 0 Å². The van der Waals surface area contributed by atoms with E-state index in [0.29, 0.717) is 5.56 Å². The molecule has 18 heavy (non-hydrogen) atoms. The Hall–Kier alpha value is -1.95. The number of non-ortho nitro benzene ring substituents is 1. The number of nitro benzene ring substituents is 1. The van der Waals surface area contributed by atoms with Crippen molar-refractivity contribution in [2.75, 3.05) is 6.54 Å². The van der Waals surface area contributed by atoms with Crippen LogP contribution in [-0.4, -0.2) is 28.1 Å². The maximum atomic E-state index is 11.8. The first-order chi connectivity index (χ1) is 8.19. The number of nitrogens with one attached hydrogen (secondary N) is 1. The number of carbonyl (C=O) groups is 1. The van der Waals surface area contributed by atoms with Gasteiger partial charge in [0.15, 0.2) is 0 Å². The van der Waals surface area contributed by atoms with Crippen LogP contribution in [0.1, 0.15) is 29.8 Å². The summed E-state index contributed by atoms with van der Waals surface area (Å²) in [6.07, 6.45) is 0. The average molecular weight is 252 g/mol. The lowest BCUT2D eigenvalue weighted by atomic mass is 10.1. The minimum absolute atomic E-state index is 0.0770. The molecule has 0 aromatic heterocycles. The molecule has 1 rings (SSSR count). The van der Waals surface area contributed by atoms with Gasteiger partial charge < -0.3 is 10.4 Å². The number of aliphatic hydroxyl groups is 1. The maximum Gasteiger partial charge on any atom is 0.270 e. The van der Waals surface area contributed by atoms with E-state index >= 15 is 0 Å². The smallest absolute Gasteiger partial charge is 0.270 e. The summed E-state index contributed by atoms with van der Waals surface area (Å²) >= 11 is 0. The van der Waals surface area contributed by atoms with Gasteiger partial charge in [-0.2, -0.15) is 0 Å².